The van der Waals surface area contributed by atoms with Crippen LogP contribution in [0, 0.1) is 5.92 Å². The van der Waals surface area contributed by atoms with Crippen LogP contribution in [0.2, 0.25) is 10.0 Å². The molecule has 1 aromatic heterocycles. The van der Waals surface area contributed by atoms with Gasteiger partial charge in [0.05, 0.1) is 22.7 Å². The fourth-order valence-electron chi connectivity index (χ4n) is 2.65. The van der Waals surface area contributed by atoms with Gasteiger partial charge in [-0.1, -0.05) is 37.0 Å². The molecule has 0 radical (unpaired) electrons. The molecule has 1 aliphatic heterocycles. The van der Waals surface area contributed by atoms with Gasteiger partial charge in [0, 0.05) is 12.6 Å². The average Bonchev–Trinajstić information content (AvgIpc) is 2.85. The van der Waals surface area contributed by atoms with E-state index in [1.54, 1.807) is 0 Å². The summed E-state index contributed by atoms with van der Waals surface area (Å²) in [5.74, 6) is -0.172. The first-order chi connectivity index (χ1) is 11.1. The number of carbonyl (C=O) groups is 1. The summed E-state index contributed by atoms with van der Waals surface area (Å²) < 4.78 is 24.4. The van der Waals surface area contributed by atoms with Crippen LogP contribution in [0.3, 0.4) is 0 Å². The number of carbonyl (C=O) groups excluding carboxylic acids is 1. The van der Waals surface area contributed by atoms with Crippen molar-refractivity contribution >= 4 is 38.9 Å². The first kappa shape index (κ1) is 19.2. The Bertz CT molecular complexity index is 792. The fraction of sp³-hybridized carbons (Fsp3) is 0.643. The van der Waals surface area contributed by atoms with Crippen molar-refractivity contribution in [1.82, 2.24) is 14.7 Å². The molecule has 0 spiro atoms. The molecular weight excluding hydrogens is 377 g/mol. The molecule has 1 aromatic rings. The van der Waals surface area contributed by atoms with Gasteiger partial charge in [-0.05, 0) is 12.3 Å². The molecule has 10 heteroatoms. The van der Waals surface area contributed by atoms with Crippen molar-refractivity contribution in [1.29, 1.82) is 0 Å². The SMILES string of the molecule is CC(C)CN(C(=O)Cn1ncc(Cl)c(Cl)c1=O)C1CCS(=O)(=O)C1. The molecule has 1 atom stereocenters. The molecule has 0 aromatic carbocycles. The van der Waals surface area contributed by atoms with Crippen LogP contribution in [0.1, 0.15) is 20.3 Å². The van der Waals surface area contributed by atoms with E-state index in [1.807, 2.05) is 13.8 Å². The predicted molar refractivity (Wildman–Crippen MR) is 92.1 cm³/mol. The number of sulfone groups is 1. The molecule has 24 heavy (non-hydrogen) atoms. The number of nitrogens with zero attached hydrogens (tertiary/aromatic N) is 3. The van der Waals surface area contributed by atoms with Crippen LogP contribution >= 0.6 is 23.2 Å². The van der Waals surface area contributed by atoms with Crippen LogP contribution in [0.5, 0.6) is 0 Å². The molecule has 1 amide bonds. The Labute approximate surface area is 150 Å². The van der Waals surface area contributed by atoms with Crippen molar-refractivity contribution in [2.45, 2.75) is 32.9 Å². The van der Waals surface area contributed by atoms with Gasteiger partial charge in [0.1, 0.15) is 11.6 Å². The lowest BCUT2D eigenvalue weighted by atomic mass is 10.1. The zero-order chi connectivity index (χ0) is 18.1. The normalized spacial score (nSPS) is 19.6. The number of hydrogen-bond donors (Lipinski definition) is 0. The molecule has 1 fully saturated rings. The molecular formula is C14H19Cl2N3O4S. The van der Waals surface area contributed by atoms with Crippen LogP contribution in [0.15, 0.2) is 11.0 Å². The first-order valence-electron chi connectivity index (χ1n) is 7.51. The summed E-state index contributed by atoms with van der Waals surface area (Å²) >= 11 is 11.5. The maximum absolute atomic E-state index is 12.6. The van der Waals surface area contributed by atoms with E-state index in [4.69, 9.17) is 23.2 Å². The molecule has 134 valence electrons. The summed E-state index contributed by atoms with van der Waals surface area (Å²) in [6.45, 7) is 3.98. The van der Waals surface area contributed by atoms with Gasteiger partial charge in [0.15, 0.2) is 9.84 Å². The minimum Gasteiger partial charge on any atom is -0.337 e. The van der Waals surface area contributed by atoms with E-state index in [2.05, 4.69) is 5.10 Å². The maximum atomic E-state index is 12.6. The number of hydrogen-bond acceptors (Lipinski definition) is 5. The van der Waals surface area contributed by atoms with E-state index in [1.165, 1.54) is 11.1 Å². The highest BCUT2D eigenvalue weighted by molar-refractivity contribution is 7.91. The molecule has 0 bridgehead atoms. The van der Waals surface area contributed by atoms with Gasteiger partial charge in [-0.25, -0.2) is 13.1 Å². The minimum atomic E-state index is -3.12. The van der Waals surface area contributed by atoms with Crippen LogP contribution in [0.25, 0.3) is 0 Å². The Kier molecular flexibility index (Phi) is 5.93. The Balaban J connectivity index is 2.23. The highest BCUT2D eigenvalue weighted by Crippen LogP contribution is 2.20. The Hall–Kier alpha value is -1.12. The van der Waals surface area contributed by atoms with E-state index < -0.39 is 15.4 Å². The Morgan fingerprint density at radius 2 is 2.12 bits per heavy atom. The standard InChI is InChI=1S/C14H19Cl2N3O4S/c1-9(2)6-18(10-3-4-24(22,23)8-10)12(20)7-19-14(21)13(16)11(15)5-17-19/h5,9-10H,3-4,6-8H2,1-2H3. The maximum Gasteiger partial charge on any atom is 0.287 e. The third-order valence-electron chi connectivity index (χ3n) is 3.76. The molecule has 1 aliphatic rings. The van der Waals surface area contributed by atoms with E-state index >= 15 is 0 Å². The quantitative estimate of drug-likeness (QED) is 0.747. The smallest absolute Gasteiger partial charge is 0.287 e. The second-order valence-electron chi connectivity index (χ2n) is 6.27. The van der Waals surface area contributed by atoms with Crippen LogP contribution < -0.4 is 5.56 Å². The average molecular weight is 396 g/mol. The number of halogens is 2. The fourth-order valence-corrected chi connectivity index (χ4v) is 4.65. The summed E-state index contributed by atoms with van der Waals surface area (Å²) in [5.41, 5.74) is -0.652. The van der Waals surface area contributed by atoms with Crippen molar-refractivity contribution in [3.8, 4) is 0 Å². The monoisotopic (exact) mass is 395 g/mol. The summed E-state index contributed by atoms with van der Waals surface area (Å²) in [7, 11) is -3.12. The van der Waals surface area contributed by atoms with E-state index in [9.17, 15) is 18.0 Å². The molecule has 1 unspecified atom stereocenters. The lowest BCUT2D eigenvalue weighted by Crippen LogP contribution is -2.46. The second kappa shape index (κ2) is 7.41. The van der Waals surface area contributed by atoms with Crippen molar-refractivity contribution < 1.29 is 13.2 Å². The third-order valence-corrected chi connectivity index (χ3v) is 6.26. The van der Waals surface area contributed by atoms with Gasteiger partial charge >= 0.3 is 0 Å². The lowest BCUT2D eigenvalue weighted by Gasteiger charge is -2.30. The number of amides is 1. The topological polar surface area (TPSA) is 89.3 Å². The van der Waals surface area contributed by atoms with E-state index in [0.717, 1.165) is 4.68 Å². The summed E-state index contributed by atoms with van der Waals surface area (Å²) in [5, 5.41) is 3.64. The summed E-state index contributed by atoms with van der Waals surface area (Å²) in [6.07, 6.45) is 1.61. The van der Waals surface area contributed by atoms with Crippen molar-refractivity contribution in [3.63, 3.8) is 0 Å². The second-order valence-corrected chi connectivity index (χ2v) is 9.28. The third kappa shape index (κ3) is 4.49. The van der Waals surface area contributed by atoms with Crippen molar-refractivity contribution in [2.75, 3.05) is 18.1 Å². The zero-order valence-electron chi connectivity index (χ0n) is 13.4. The Morgan fingerprint density at radius 1 is 1.46 bits per heavy atom. The van der Waals surface area contributed by atoms with Gasteiger partial charge in [0.2, 0.25) is 5.91 Å². The first-order valence-corrected chi connectivity index (χ1v) is 10.1. The van der Waals surface area contributed by atoms with Gasteiger partial charge in [0.25, 0.3) is 5.56 Å². The molecule has 2 heterocycles. The highest BCUT2D eigenvalue weighted by Gasteiger charge is 2.35. The van der Waals surface area contributed by atoms with Crippen LogP contribution in [-0.2, 0) is 21.2 Å². The Morgan fingerprint density at radius 3 is 2.67 bits per heavy atom. The van der Waals surface area contributed by atoms with Gasteiger partial charge in [-0.3, -0.25) is 9.59 Å². The van der Waals surface area contributed by atoms with E-state index in [-0.39, 0.29) is 46.0 Å². The predicted octanol–water partition coefficient (Wildman–Crippen LogP) is 1.22. The lowest BCUT2D eigenvalue weighted by molar-refractivity contribution is -0.134. The molecule has 0 aliphatic carbocycles. The van der Waals surface area contributed by atoms with Crippen molar-refractivity contribution in [2.24, 2.45) is 5.92 Å². The number of rotatable bonds is 5. The van der Waals surface area contributed by atoms with Crippen LogP contribution in [0.4, 0.5) is 0 Å². The van der Waals surface area contributed by atoms with Crippen molar-refractivity contribution in [3.05, 3.63) is 26.6 Å². The molecule has 1 saturated heterocycles. The molecule has 0 N–H and O–H groups in total. The number of aromatic nitrogens is 2. The van der Waals surface area contributed by atoms with Gasteiger partial charge in [-0.2, -0.15) is 5.10 Å². The zero-order valence-corrected chi connectivity index (χ0v) is 15.7. The molecule has 0 saturated carbocycles. The van der Waals surface area contributed by atoms with Crippen LogP contribution in [-0.4, -0.2) is 53.1 Å². The van der Waals surface area contributed by atoms with E-state index in [0.29, 0.717) is 13.0 Å². The highest BCUT2D eigenvalue weighted by atomic mass is 35.5. The minimum absolute atomic E-state index is 0.0197. The largest absolute Gasteiger partial charge is 0.337 e. The summed E-state index contributed by atoms with van der Waals surface area (Å²) in [6, 6.07) is -0.372. The summed E-state index contributed by atoms with van der Waals surface area (Å²) in [4.78, 5) is 26.2. The van der Waals surface area contributed by atoms with Gasteiger partial charge in [-0.15, -0.1) is 0 Å². The molecule has 2 rings (SSSR count). The van der Waals surface area contributed by atoms with Gasteiger partial charge < -0.3 is 4.90 Å². The molecule has 7 nitrogen and oxygen atoms in total.